The Balaban J connectivity index is 2.49. The Kier molecular flexibility index (Phi) is 4.96. The number of hydrogen-bond donors (Lipinski definition) is 2. The molecule has 0 saturated carbocycles. The van der Waals surface area contributed by atoms with Crippen LogP contribution in [0.15, 0.2) is 22.7 Å². The van der Waals surface area contributed by atoms with E-state index in [1.165, 1.54) is 11.1 Å². The van der Waals surface area contributed by atoms with E-state index in [1.54, 1.807) is 0 Å². The summed E-state index contributed by atoms with van der Waals surface area (Å²) in [6.07, 6.45) is 0. The van der Waals surface area contributed by atoms with Crippen LogP contribution in [-0.2, 0) is 6.54 Å². The SMILES string of the molecule is Cc1cc(Br)ccc1CNCC(C)(C)CO. The average molecular weight is 286 g/mol. The fraction of sp³-hybridized carbons (Fsp3) is 0.538. The molecule has 0 amide bonds. The van der Waals surface area contributed by atoms with Gasteiger partial charge < -0.3 is 10.4 Å². The molecule has 0 radical (unpaired) electrons. The number of rotatable bonds is 5. The lowest BCUT2D eigenvalue weighted by Gasteiger charge is -2.22. The third-order valence-electron chi connectivity index (χ3n) is 2.65. The first-order chi connectivity index (χ1) is 7.44. The van der Waals surface area contributed by atoms with Crippen molar-refractivity contribution in [3.8, 4) is 0 Å². The molecule has 90 valence electrons. The average Bonchev–Trinajstić information content (AvgIpc) is 2.21. The monoisotopic (exact) mass is 285 g/mol. The van der Waals surface area contributed by atoms with Crippen molar-refractivity contribution in [2.75, 3.05) is 13.2 Å². The normalized spacial score (nSPS) is 11.8. The molecule has 0 fully saturated rings. The summed E-state index contributed by atoms with van der Waals surface area (Å²) in [7, 11) is 0. The minimum atomic E-state index is -0.0523. The molecule has 1 rings (SSSR count). The van der Waals surface area contributed by atoms with Crippen LogP contribution in [0.3, 0.4) is 0 Å². The summed E-state index contributed by atoms with van der Waals surface area (Å²) >= 11 is 3.45. The molecule has 0 bridgehead atoms. The number of aryl methyl sites for hydroxylation is 1. The highest BCUT2D eigenvalue weighted by Gasteiger charge is 2.15. The minimum absolute atomic E-state index is 0.0523. The lowest BCUT2D eigenvalue weighted by molar-refractivity contribution is 0.156. The van der Waals surface area contributed by atoms with Crippen LogP contribution < -0.4 is 5.32 Å². The quantitative estimate of drug-likeness (QED) is 0.872. The zero-order valence-corrected chi connectivity index (χ0v) is 11.8. The Morgan fingerprint density at radius 2 is 2.06 bits per heavy atom. The summed E-state index contributed by atoms with van der Waals surface area (Å²) in [4.78, 5) is 0. The van der Waals surface area contributed by atoms with Crippen LogP contribution in [0.4, 0.5) is 0 Å². The Labute approximate surface area is 106 Å². The highest BCUT2D eigenvalue weighted by atomic mass is 79.9. The van der Waals surface area contributed by atoms with Gasteiger partial charge in [0, 0.05) is 29.6 Å². The van der Waals surface area contributed by atoms with Crippen molar-refractivity contribution in [3.63, 3.8) is 0 Å². The first-order valence-electron chi connectivity index (χ1n) is 5.51. The van der Waals surface area contributed by atoms with Gasteiger partial charge in [-0.3, -0.25) is 0 Å². The van der Waals surface area contributed by atoms with Gasteiger partial charge in [-0.25, -0.2) is 0 Å². The number of aliphatic hydroxyl groups excluding tert-OH is 1. The molecule has 0 unspecified atom stereocenters. The Bertz CT molecular complexity index is 350. The molecule has 0 aliphatic carbocycles. The smallest absolute Gasteiger partial charge is 0.0494 e. The maximum Gasteiger partial charge on any atom is 0.0494 e. The molecule has 0 atom stereocenters. The van der Waals surface area contributed by atoms with Crippen LogP contribution in [0.2, 0.25) is 0 Å². The zero-order valence-electron chi connectivity index (χ0n) is 10.2. The van der Waals surface area contributed by atoms with Crippen molar-refractivity contribution < 1.29 is 5.11 Å². The molecule has 0 spiro atoms. The minimum Gasteiger partial charge on any atom is -0.396 e. The van der Waals surface area contributed by atoms with Crippen molar-refractivity contribution in [3.05, 3.63) is 33.8 Å². The summed E-state index contributed by atoms with van der Waals surface area (Å²) in [5.74, 6) is 0. The molecule has 16 heavy (non-hydrogen) atoms. The largest absolute Gasteiger partial charge is 0.396 e. The summed E-state index contributed by atoms with van der Waals surface area (Å²) in [6.45, 7) is 8.09. The number of hydrogen-bond acceptors (Lipinski definition) is 2. The van der Waals surface area contributed by atoms with Gasteiger partial charge in [-0.1, -0.05) is 35.8 Å². The molecule has 1 aromatic carbocycles. The molecule has 3 heteroatoms. The van der Waals surface area contributed by atoms with Crippen molar-refractivity contribution >= 4 is 15.9 Å². The van der Waals surface area contributed by atoms with E-state index in [1.807, 2.05) is 0 Å². The van der Waals surface area contributed by atoms with Gasteiger partial charge in [0.25, 0.3) is 0 Å². The Hall–Kier alpha value is -0.380. The van der Waals surface area contributed by atoms with E-state index in [2.05, 4.69) is 60.2 Å². The van der Waals surface area contributed by atoms with Crippen LogP contribution in [0.25, 0.3) is 0 Å². The van der Waals surface area contributed by atoms with Gasteiger partial charge in [-0.2, -0.15) is 0 Å². The molecule has 0 aliphatic heterocycles. The van der Waals surface area contributed by atoms with Crippen molar-refractivity contribution in [1.29, 1.82) is 0 Å². The molecule has 0 aromatic heterocycles. The summed E-state index contributed by atoms with van der Waals surface area (Å²) < 4.78 is 1.12. The topological polar surface area (TPSA) is 32.3 Å². The molecule has 0 heterocycles. The van der Waals surface area contributed by atoms with Gasteiger partial charge >= 0.3 is 0 Å². The van der Waals surface area contributed by atoms with Crippen molar-refractivity contribution in [1.82, 2.24) is 5.32 Å². The lowest BCUT2D eigenvalue weighted by atomic mass is 9.95. The number of nitrogens with one attached hydrogen (secondary N) is 1. The summed E-state index contributed by atoms with van der Waals surface area (Å²) in [6, 6.07) is 6.30. The molecule has 0 aliphatic rings. The summed E-state index contributed by atoms with van der Waals surface area (Å²) in [5.41, 5.74) is 2.53. The maximum atomic E-state index is 9.14. The predicted molar refractivity (Wildman–Crippen MR) is 71.5 cm³/mol. The molecule has 2 N–H and O–H groups in total. The van der Waals surface area contributed by atoms with E-state index in [0.717, 1.165) is 17.6 Å². The van der Waals surface area contributed by atoms with E-state index >= 15 is 0 Å². The highest BCUT2D eigenvalue weighted by Crippen LogP contribution is 2.16. The van der Waals surface area contributed by atoms with Crippen molar-refractivity contribution in [2.45, 2.75) is 27.3 Å². The third kappa shape index (κ3) is 4.24. The molecular weight excluding hydrogens is 266 g/mol. The second-order valence-electron chi connectivity index (χ2n) is 5.00. The van der Waals surface area contributed by atoms with Crippen LogP contribution in [-0.4, -0.2) is 18.3 Å². The van der Waals surface area contributed by atoms with Gasteiger partial charge in [0.2, 0.25) is 0 Å². The van der Waals surface area contributed by atoms with E-state index in [-0.39, 0.29) is 12.0 Å². The zero-order chi connectivity index (χ0) is 12.2. The molecule has 1 aromatic rings. The van der Waals surface area contributed by atoms with Gasteiger partial charge in [-0.15, -0.1) is 0 Å². The second kappa shape index (κ2) is 5.80. The van der Waals surface area contributed by atoms with Gasteiger partial charge in [-0.05, 0) is 30.2 Å². The molecule has 0 saturated heterocycles. The Morgan fingerprint density at radius 1 is 1.38 bits per heavy atom. The van der Waals surface area contributed by atoms with E-state index < -0.39 is 0 Å². The third-order valence-corrected chi connectivity index (χ3v) is 3.14. The number of benzene rings is 1. The fourth-order valence-electron chi connectivity index (χ4n) is 1.45. The highest BCUT2D eigenvalue weighted by molar-refractivity contribution is 9.10. The van der Waals surface area contributed by atoms with Gasteiger partial charge in [0.1, 0.15) is 0 Å². The van der Waals surface area contributed by atoms with Crippen LogP contribution in [0, 0.1) is 12.3 Å². The van der Waals surface area contributed by atoms with E-state index in [9.17, 15) is 0 Å². The van der Waals surface area contributed by atoms with Crippen LogP contribution >= 0.6 is 15.9 Å². The van der Waals surface area contributed by atoms with Gasteiger partial charge in [0.15, 0.2) is 0 Å². The lowest BCUT2D eigenvalue weighted by Crippen LogP contribution is -2.32. The fourth-order valence-corrected chi connectivity index (χ4v) is 1.92. The molecular formula is C13H20BrNO. The molecule has 2 nitrogen and oxygen atoms in total. The Morgan fingerprint density at radius 3 is 2.62 bits per heavy atom. The maximum absolute atomic E-state index is 9.14. The number of aliphatic hydroxyl groups is 1. The standard InChI is InChI=1S/C13H20BrNO/c1-10-6-12(14)5-4-11(10)7-15-8-13(2,3)9-16/h4-6,15-16H,7-9H2,1-3H3. The first-order valence-corrected chi connectivity index (χ1v) is 6.30. The van der Waals surface area contributed by atoms with E-state index in [0.29, 0.717) is 0 Å². The number of halogens is 1. The summed E-state index contributed by atoms with van der Waals surface area (Å²) in [5, 5.41) is 12.5. The predicted octanol–water partition coefficient (Wildman–Crippen LogP) is 2.87. The van der Waals surface area contributed by atoms with Crippen LogP contribution in [0.1, 0.15) is 25.0 Å². The van der Waals surface area contributed by atoms with E-state index in [4.69, 9.17) is 5.11 Å². The van der Waals surface area contributed by atoms with Crippen molar-refractivity contribution in [2.24, 2.45) is 5.41 Å². The van der Waals surface area contributed by atoms with Gasteiger partial charge in [0.05, 0.1) is 0 Å². The first kappa shape index (κ1) is 13.7. The van der Waals surface area contributed by atoms with Crippen LogP contribution in [0.5, 0.6) is 0 Å². The second-order valence-corrected chi connectivity index (χ2v) is 5.91.